The van der Waals surface area contributed by atoms with E-state index in [4.69, 9.17) is 10.5 Å². The second-order valence-corrected chi connectivity index (χ2v) is 6.03. The van der Waals surface area contributed by atoms with Gasteiger partial charge in [-0.1, -0.05) is 12.8 Å². The van der Waals surface area contributed by atoms with Crippen LogP contribution in [0.3, 0.4) is 0 Å². The molecule has 0 aromatic carbocycles. The second kappa shape index (κ2) is 7.46. The van der Waals surface area contributed by atoms with Crippen LogP contribution in [0, 0.1) is 5.92 Å². The largest absolute Gasteiger partial charge is 0.383 e. The maximum Gasteiger partial charge on any atom is 0.0618 e. The van der Waals surface area contributed by atoms with E-state index in [1.54, 1.807) is 0 Å². The summed E-state index contributed by atoms with van der Waals surface area (Å²) in [5, 5.41) is 0. The van der Waals surface area contributed by atoms with Crippen molar-refractivity contribution < 1.29 is 4.74 Å². The van der Waals surface area contributed by atoms with Gasteiger partial charge in [0.05, 0.1) is 6.61 Å². The van der Waals surface area contributed by atoms with Crippen molar-refractivity contribution in [2.75, 3.05) is 26.8 Å². The smallest absolute Gasteiger partial charge is 0.0618 e. The van der Waals surface area contributed by atoms with E-state index in [0.29, 0.717) is 6.04 Å². The molecule has 1 aliphatic carbocycles. The minimum Gasteiger partial charge on any atom is -0.383 e. The maximum absolute atomic E-state index is 5.67. The van der Waals surface area contributed by atoms with Crippen molar-refractivity contribution in [3.8, 4) is 0 Å². The lowest BCUT2D eigenvalue weighted by Crippen LogP contribution is -2.44. The fourth-order valence-electron chi connectivity index (χ4n) is 4.01. The summed E-state index contributed by atoms with van der Waals surface area (Å²) in [6, 6.07) is 1.44. The zero-order valence-electron chi connectivity index (χ0n) is 11.9. The summed E-state index contributed by atoms with van der Waals surface area (Å²) >= 11 is 0. The van der Waals surface area contributed by atoms with Gasteiger partial charge < -0.3 is 10.5 Å². The molecule has 0 aromatic rings. The molecule has 0 radical (unpaired) electrons. The summed E-state index contributed by atoms with van der Waals surface area (Å²) in [4.78, 5) is 2.76. The molecule has 106 valence electrons. The standard InChI is InChI=1S/C15H30N2O/c1-18-12-14(8-4-10-16)17-11-5-9-15(17)13-6-2-3-7-13/h13-15H,2-12,16H2,1H3. The lowest BCUT2D eigenvalue weighted by atomic mass is 9.94. The monoisotopic (exact) mass is 254 g/mol. The van der Waals surface area contributed by atoms with E-state index in [1.165, 1.54) is 51.5 Å². The van der Waals surface area contributed by atoms with E-state index in [-0.39, 0.29) is 0 Å². The van der Waals surface area contributed by atoms with Crippen LogP contribution in [0.4, 0.5) is 0 Å². The van der Waals surface area contributed by atoms with E-state index >= 15 is 0 Å². The normalized spacial score (nSPS) is 28.0. The molecule has 1 aliphatic heterocycles. The Morgan fingerprint density at radius 1 is 1.22 bits per heavy atom. The number of likely N-dealkylation sites (tertiary alicyclic amines) is 1. The zero-order valence-corrected chi connectivity index (χ0v) is 11.9. The van der Waals surface area contributed by atoms with Gasteiger partial charge in [0, 0.05) is 19.2 Å². The third-order valence-electron chi connectivity index (χ3n) is 4.86. The number of hydrogen-bond donors (Lipinski definition) is 1. The third kappa shape index (κ3) is 3.46. The Hall–Kier alpha value is -0.120. The Balaban J connectivity index is 1.93. The van der Waals surface area contributed by atoms with Crippen LogP contribution in [0.15, 0.2) is 0 Å². The van der Waals surface area contributed by atoms with Crippen LogP contribution in [0.2, 0.25) is 0 Å². The van der Waals surface area contributed by atoms with E-state index < -0.39 is 0 Å². The van der Waals surface area contributed by atoms with Gasteiger partial charge in [-0.25, -0.2) is 0 Å². The molecule has 2 N–H and O–H groups in total. The minimum absolute atomic E-state index is 0.603. The van der Waals surface area contributed by atoms with Crippen molar-refractivity contribution in [1.29, 1.82) is 0 Å². The van der Waals surface area contributed by atoms with E-state index in [0.717, 1.165) is 31.5 Å². The molecule has 0 bridgehead atoms. The molecule has 3 heteroatoms. The SMILES string of the molecule is COCC(CCCN)N1CCCC1C1CCCC1. The summed E-state index contributed by atoms with van der Waals surface area (Å²) in [5.41, 5.74) is 5.67. The van der Waals surface area contributed by atoms with Crippen LogP contribution in [0.5, 0.6) is 0 Å². The fraction of sp³-hybridized carbons (Fsp3) is 1.00. The highest BCUT2D eigenvalue weighted by atomic mass is 16.5. The molecular weight excluding hydrogens is 224 g/mol. The molecule has 2 fully saturated rings. The second-order valence-electron chi connectivity index (χ2n) is 6.03. The molecule has 2 aliphatic rings. The number of hydrogen-bond acceptors (Lipinski definition) is 3. The average molecular weight is 254 g/mol. The number of nitrogens with zero attached hydrogens (tertiary/aromatic N) is 1. The van der Waals surface area contributed by atoms with Crippen LogP contribution >= 0.6 is 0 Å². The Kier molecular flexibility index (Phi) is 5.93. The first kappa shape index (κ1) is 14.3. The molecule has 2 atom stereocenters. The number of ether oxygens (including phenoxy) is 1. The minimum atomic E-state index is 0.603. The summed E-state index contributed by atoms with van der Waals surface area (Å²) in [5.74, 6) is 0.963. The molecule has 1 saturated carbocycles. The van der Waals surface area contributed by atoms with Gasteiger partial charge >= 0.3 is 0 Å². The first-order valence-electron chi connectivity index (χ1n) is 7.81. The molecule has 3 nitrogen and oxygen atoms in total. The topological polar surface area (TPSA) is 38.5 Å². The highest BCUT2D eigenvalue weighted by Crippen LogP contribution is 2.36. The Bertz CT molecular complexity index is 229. The van der Waals surface area contributed by atoms with Gasteiger partial charge in [-0.15, -0.1) is 0 Å². The lowest BCUT2D eigenvalue weighted by molar-refractivity contribution is 0.0590. The molecule has 2 unspecified atom stereocenters. The van der Waals surface area contributed by atoms with Crippen LogP contribution in [-0.4, -0.2) is 43.8 Å². The van der Waals surface area contributed by atoms with Crippen molar-refractivity contribution in [1.82, 2.24) is 4.90 Å². The van der Waals surface area contributed by atoms with Gasteiger partial charge in [0.1, 0.15) is 0 Å². The molecule has 1 saturated heterocycles. The van der Waals surface area contributed by atoms with Crippen molar-refractivity contribution in [2.45, 2.75) is 63.5 Å². The molecule has 2 rings (SSSR count). The molecular formula is C15H30N2O. The highest BCUT2D eigenvalue weighted by molar-refractivity contribution is 4.90. The van der Waals surface area contributed by atoms with Gasteiger partial charge in [-0.3, -0.25) is 4.90 Å². The van der Waals surface area contributed by atoms with E-state index in [1.807, 2.05) is 7.11 Å². The third-order valence-corrected chi connectivity index (χ3v) is 4.86. The van der Waals surface area contributed by atoms with Crippen LogP contribution in [0.25, 0.3) is 0 Å². The summed E-state index contributed by atoms with van der Waals surface area (Å²) in [6.45, 7) is 2.96. The van der Waals surface area contributed by atoms with Gasteiger partial charge in [-0.05, 0) is 57.5 Å². The predicted molar refractivity (Wildman–Crippen MR) is 75.6 cm³/mol. The van der Waals surface area contributed by atoms with Crippen molar-refractivity contribution in [3.05, 3.63) is 0 Å². The molecule has 0 aromatic heterocycles. The van der Waals surface area contributed by atoms with Crippen molar-refractivity contribution in [2.24, 2.45) is 11.7 Å². The average Bonchev–Trinajstić information content (AvgIpc) is 3.03. The quantitative estimate of drug-likeness (QED) is 0.758. The number of nitrogens with two attached hydrogens (primary N) is 1. The van der Waals surface area contributed by atoms with E-state index in [2.05, 4.69) is 4.90 Å². The molecule has 18 heavy (non-hydrogen) atoms. The van der Waals surface area contributed by atoms with Crippen LogP contribution in [0.1, 0.15) is 51.4 Å². The Morgan fingerprint density at radius 2 is 2.00 bits per heavy atom. The summed E-state index contributed by atoms with van der Waals surface area (Å²) < 4.78 is 5.44. The van der Waals surface area contributed by atoms with Gasteiger partial charge in [0.15, 0.2) is 0 Å². The fourth-order valence-corrected chi connectivity index (χ4v) is 4.01. The summed E-state index contributed by atoms with van der Waals surface area (Å²) in [6.07, 6.45) is 10.9. The number of methoxy groups -OCH3 is 1. The van der Waals surface area contributed by atoms with Gasteiger partial charge in [0.2, 0.25) is 0 Å². The molecule has 0 amide bonds. The summed E-state index contributed by atoms with van der Waals surface area (Å²) in [7, 11) is 1.83. The molecule has 0 spiro atoms. The van der Waals surface area contributed by atoms with Crippen LogP contribution in [-0.2, 0) is 4.74 Å². The van der Waals surface area contributed by atoms with E-state index in [9.17, 15) is 0 Å². The molecule has 1 heterocycles. The van der Waals surface area contributed by atoms with Crippen molar-refractivity contribution in [3.63, 3.8) is 0 Å². The van der Waals surface area contributed by atoms with Crippen LogP contribution < -0.4 is 5.73 Å². The highest BCUT2D eigenvalue weighted by Gasteiger charge is 2.36. The van der Waals surface area contributed by atoms with Gasteiger partial charge in [-0.2, -0.15) is 0 Å². The lowest BCUT2D eigenvalue weighted by Gasteiger charge is -2.36. The van der Waals surface area contributed by atoms with Gasteiger partial charge in [0.25, 0.3) is 0 Å². The zero-order chi connectivity index (χ0) is 12.8. The predicted octanol–water partition coefficient (Wildman–Crippen LogP) is 2.39. The van der Waals surface area contributed by atoms with Crippen molar-refractivity contribution >= 4 is 0 Å². The first-order chi connectivity index (χ1) is 8.86. The first-order valence-corrected chi connectivity index (χ1v) is 7.81. The maximum atomic E-state index is 5.67. The number of rotatable bonds is 7. The Morgan fingerprint density at radius 3 is 2.67 bits per heavy atom. The Labute approximate surface area is 112 Å².